The van der Waals surface area contributed by atoms with Crippen molar-refractivity contribution in [2.24, 2.45) is 10.8 Å². The summed E-state index contributed by atoms with van der Waals surface area (Å²) in [5.74, 6) is -4.19. The Morgan fingerprint density at radius 2 is 2.06 bits per heavy atom. The molecule has 0 spiro atoms. The van der Waals surface area contributed by atoms with Crippen LogP contribution in [0.4, 0.5) is 27.6 Å². The van der Waals surface area contributed by atoms with Crippen molar-refractivity contribution in [1.82, 2.24) is 15.6 Å². The number of nitriles is 1. The number of carbonyl (C=O) groups is 1. The van der Waals surface area contributed by atoms with E-state index in [1.165, 1.54) is 17.2 Å². The Balaban J connectivity index is 1.50. The second kappa shape index (κ2) is 7.00. The van der Waals surface area contributed by atoms with Crippen LogP contribution in [0.25, 0.3) is 10.9 Å². The zero-order valence-electron chi connectivity index (χ0n) is 17.3. The lowest BCUT2D eigenvalue weighted by molar-refractivity contribution is -0.192. The fourth-order valence-corrected chi connectivity index (χ4v) is 5.40. The highest BCUT2D eigenvalue weighted by Crippen LogP contribution is 2.75. The summed E-state index contributed by atoms with van der Waals surface area (Å²) < 4.78 is 71.2. The number of carbonyl (C=O) groups excluding carboxylic acids is 1. The fourth-order valence-electron chi connectivity index (χ4n) is 5.40. The number of hydrogen-bond donors (Lipinski definition) is 2. The number of nitrogens with zero attached hydrogens (tertiary/aromatic N) is 3. The molecule has 33 heavy (non-hydrogen) atoms. The Kier molecular flexibility index (Phi) is 4.63. The molecule has 0 bridgehead atoms. The van der Waals surface area contributed by atoms with Gasteiger partial charge in [0.2, 0.25) is 5.91 Å². The summed E-state index contributed by atoms with van der Waals surface area (Å²) in [5.41, 5.74) is -3.11. The van der Waals surface area contributed by atoms with E-state index in [1.54, 1.807) is 18.2 Å². The number of pyridine rings is 1. The molecule has 174 valence electrons. The number of nitrogens with one attached hydrogen (secondary N) is 2. The van der Waals surface area contributed by atoms with E-state index in [2.05, 4.69) is 15.6 Å². The summed E-state index contributed by atoms with van der Waals surface area (Å²) in [6, 6.07) is 6.75. The van der Waals surface area contributed by atoms with Crippen LogP contribution in [0.3, 0.4) is 0 Å². The second-order valence-electron chi connectivity index (χ2n) is 9.08. The molecular weight excluding hydrogens is 445 g/mol. The van der Waals surface area contributed by atoms with Crippen LogP contribution in [-0.4, -0.2) is 55.2 Å². The van der Waals surface area contributed by atoms with E-state index in [1.807, 2.05) is 6.07 Å². The van der Waals surface area contributed by atoms with E-state index in [0.29, 0.717) is 16.6 Å². The molecule has 1 aromatic carbocycles. The van der Waals surface area contributed by atoms with Gasteiger partial charge in [-0.3, -0.25) is 9.78 Å². The number of halogens is 5. The lowest BCUT2D eigenvalue weighted by atomic mass is 9.93. The highest BCUT2D eigenvalue weighted by molar-refractivity contribution is 5.97. The topological polar surface area (TPSA) is 81.0 Å². The van der Waals surface area contributed by atoms with Gasteiger partial charge in [-0.2, -0.15) is 18.4 Å². The van der Waals surface area contributed by atoms with Gasteiger partial charge in [0.15, 0.2) is 0 Å². The van der Waals surface area contributed by atoms with E-state index in [4.69, 9.17) is 0 Å². The third kappa shape index (κ3) is 3.07. The summed E-state index contributed by atoms with van der Waals surface area (Å²) in [6.07, 6.45) is -4.14. The van der Waals surface area contributed by atoms with E-state index in [0.717, 1.165) is 0 Å². The summed E-state index contributed by atoms with van der Waals surface area (Å²) in [5, 5.41) is 14.8. The maximum absolute atomic E-state index is 14.3. The zero-order valence-corrected chi connectivity index (χ0v) is 17.3. The number of amides is 1. The van der Waals surface area contributed by atoms with Gasteiger partial charge in [0.05, 0.1) is 16.5 Å². The first-order chi connectivity index (χ1) is 15.5. The van der Waals surface area contributed by atoms with Crippen LogP contribution in [0.2, 0.25) is 0 Å². The van der Waals surface area contributed by atoms with Crippen molar-refractivity contribution in [3.05, 3.63) is 36.0 Å². The summed E-state index contributed by atoms with van der Waals surface area (Å²) >= 11 is 0. The molecule has 5 rings (SSSR count). The monoisotopic (exact) mass is 465 g/mol. The van der Waals surface area contributed by atoms with Crippen LogP contribution in [-0.2, 0) is 4.79 Å². The van der Waals surface area contributed by atoms with E-state index in [-0.39, 0.29) is 25.2 Å². The maximum atomic E-state index is 14.3. The minimum absolute atomic E-state index is 0.0740. The molecule has 3 aliphatic rings. The van der Waals surface area contributed by atoms with Gasteiger partial charge in [-0.05, 0) is 30.7 Å². The Labute approximate surface area is 185 Å². The molecule has 3 atom stereocenters. The average molecular weight is 465 g/mol. The number of benzene rings is 1. The summed E-state index contributed by atoms with van der Waals surface area (Å²) in [4.78, 5) is 18.7. The normalized spacial score (nSPS) is 30.5. The largest absolute Gasteiger partial charge is 0.397 e. The van der Waals surface area contributed by atoms with Crippen molar-refractivity contribution in [1.29, 1.82) is 5.26 Å². The minimum Gasteiger partial charge on any atom is -0.369 e. The van der Waals surface area contributed by atoms with Gasteiger partial charge in [0.1, 0.15) is 17.5 Å². The van der Waals surface area contributed by atoms with Gasteiger partial charge in [-0.1, -0.05) is 0 Å². The molecule has 2 saturated heterocycles. The number of hydrogen-bond acceptors (Lipinski definition) is 5. The predicted octanol–water partition coefficient (Wildman–Crippen LogP) is 2.98. The second-order valence-corrected chi connectivity index (χ2v) is 9.08. The van der Waals surface area contributed by atoms with Crippen molar-refractivity contribution in [3.8, 4) is 6.07 Å². The Hall–Kier alpha value is -3.00. The standard InChI is InChI=1S/C22H20F5N5O/c23-21(24)5-7-29-9-16(21)31-18(33)19-10-20(19,22(25,26)27)12-32(11-19)15-4-3-13(8-28)17-14(15)2-1-6-30-17/h1-4,6,16,29H,5,7,9-12H2,(H,31,33)/t16-,19-,20-/m0/s1. The molecule has 2 aliphatic heterocycles. The first-order valence-corrected chi connectivity index (χ1v) is 10.5. The lowest BCUT2D eigenvalue weighted by Crippen LogP contribution is -2.59. The van der Waals surface area contributed by atoms with Gasteiger partial charge in [0.25, 0.3) is 5.92 Å². The maximum Gasteiger partial charge on any atom is 0.397 e. The van der Waals surface area contributed by atoms with Crippen molar-refractivity contribution in [2.45, 2.75) is 31.0 Å². The molecule has 11 heteroatoms. The number of alkyl halides is 5. The van der Waals surface area contributed by atoms with Gasteiger partial charge >= 0.3 is 6.18 Å². The SMILES string of the molecule is N#Cc1ccc(N2C[C@]3(C(=O)N[C@H]4CNCCC4(F)F)C[C@]3(C(F)(F)F)C2)c2cccnc12. The minimum atomic E-state index is -4.69. The highest BCUT2D eigenvalue weighted by atomic mass is 19.4. The molecule has 3 fully saturated rings. The van der Waals surface area contributed by atoms with E-state index < -0.39 is 54.3 Å². The number of rotatable bonds is 3. The first kappa shape index (κ1) is 21.8. The quantitative estimate of drug-likeness (QED) is 0.682. The third-order valence-corrected chi connectivity index (χ3v) is 7.30. The molecule has 2 aromatic rings. The fraction of sp³-hybridized carbons (Fsp3) is 0.500. The van der Waals surface area contributed by atoms with Crippen molar-refractivity contribution in [2.75, 3.05) is 31.1 Å². The molecule has 1 aromatic heterocycles. The molecule has 3 heterocycles. The Bertz CT molecular complexity index is 1180. The van der Waals surface area contributed by atoms with Crippen molar-refractivity contribution in [3.63, 3.8) is 0 Å². The molecule has 1 saturated carbocycles. The average Bonchev–Trinajstić information content (AvgIpc) is 3.32. The molecule has 2 N–H and O–H groups in total. The van der Waals surface area contributed by atoms with Crippen LogP contribution in [0.1, 0.15) is 18.4 Å². The van der Waals surface area contributed by atoms with E-state index in [9.17, 15) is 32.0 Å². The number of fused-ring (bicyclic) bond motifs is 2. The van der Waals surface area contributed by atoms with E-state index >= 15 is 0 Å². The predicted molar refractivity (Wildman–Crippen MR) is 109 cm³/mol. The van der Waals surface area contributed by atoms with Gasteiger partial charge in [-0.15, -0.1) is 0 Å². The van der Waals surface area contributed by atoms with Gasteiger partial charge in [0, 0.05) is 49.9 Å². The molecule has 1 amide bonds. The van der Waals surface area contributed by atoms with Crippen molar-refractivity contribution >= 4 is 22.5 Å². The van der Waals surface area contributed by atoms with Gasteiger partial charge < -0.3 is 15.5 Å². The van der Waals surface area contributed by atoms with Crippen LogP contribution < -0.4 is 15.5 Å². The first-order valence-electron chi connectivity index (χ1n) is 10.5. The number of anilines is 1. The third-order valence-electron chi connectivity index (χ3n) is 7.30. The van der Waals surface area contributed by atoms with Crippen LogP contribution in [0.5, 0.6) is 0 Å². The Morgan fingerprint density at radius 3 is 2.76 bits per heavy atom. The molecule has 0 unspecified atom stereocenters. The number of piperidine rings is 2. The molecule has 1 aliphatic carbocycles. The van der Waals surface area contributed by atoms with Crippen LogP contribution in [0.15, 0.2) is 30.5 Å². The van der Waals surface area contributed by atoms with Crippen LogP contribution >= 0.6 is 0 Å². The summed E-state index contributed by atoms with van der Waals surface area (Å²) in [7, 11) is 0. The summed E-state index contributed by atoms with van der Waals surface area (Å²) in [6.45, 7) is -0.868. The lowest BCUT2D eigenvalue weighted by Gasteiger charge is -2.33. The molecule has 6 nitrogen and oxygen atoms in total. The molecule has 0 radical (unpaired) electrons. The van der Waals surface area contributed by atoms with Crippen molar-refractivity contribution < 1.29 is 26.7 Å². The molecular formula is C22H20F5N5O. The number of aromatic nitrogens is 1. The Morgan fingerprint density at radius 1 is 1.27 bits per heavy atom. The zero-order chi connectivity index (χ0) is 23.6. The van der Waals surface area contributed by atoms with Gasteiger partial charge in [-0.25, -0.2) is 8.78 Å². The highest BCUT2D eigenvalue weighted by Gasteiger charge is 2.86. The smallest absolute Gasteiger partial charge is 0.369 e. The van der Waals surface area contributed by atoms with Crippen LogP contribution in [0, 0.1) is 22.2 Å².